The molecule has 1 aromatic carbocycles. The molecule has 124 valence electrons. The van der Waals surface area contributed by atoms with E-state index in [0.29, 0.717) is 36.9 Å². The Morgan fingerprint density at radius 2 is 1.41 bits per heavy atom. The molecule has 0 bridgehead atoms. The van der Waals surface area contributed by atoms with Gasteiger partial charge in [0.2, 0.25) is 0 Å². The Kier molecular flexibility index (Phi) is 9.97. The number of aldehydes is 1. The average molecular weight is 314 g/mol. The minimum absolute atomic E-state index is 0.0315. The van der Waals surface area contributed by atoms with E-state index in [1.54, 1.807) is 18.2 Å². The molecule has 0 radical (unpaired) electrons. The number of carbonyl (C=O) groups is 1. The van der Waals surface area contributed by atoms with Crippen molar-refractivity contribution in [3.63, 3.8) is 0 Å². The first-order chi connectivity index (χ1) is 10.8. The largest absolute Gasteiger partial charge is 0.487 e. The molecule has 0 atom stereocenters. The van der Waals surface area contributed by atoms with Crippen LogP contribution in [0.5, 0.6) is 11.5 Å². The van der Waals surface area contributed by atoms with Gasteiger partial charge in [0.05, 0.1) is 39.6 Å². The van der Waals surface area contributed by atoms with Crippen molar-refractivity contribution >= 4 is 6.29 Å². The van der Waals surface area contributed by atoms with E-state index in [1.807, 2.05) is 0 Å². The summed E-state index contributed by atoms with van der Waals surface area (Å²) in [7, 11) is 0. The fraction of sp³-hybridized carbons (Fsp3) is 0.533. The molecule has 7 heteroatoms. The van der Waals surface area contributed by atoms with E-state index in [-0.39, 0.29) is 33.0 Å². The van der Waals surface area contributed by atoms with Crippen LogP contribution in [0.15, 0.2) is 18.2 Å². The van der Waals surface area contributed by atoms with Gasteiger partial charge in [-0.2, -0.15) is 0 Å². The number of ether oxygens (including phenoxy) is 4. The van der Waals surface area contributed by atoms with Crippen LogP contribution in [0.1, 0.15) is 10.4 Å². The molecule has 0 saturated carbocycles. The highest BCUT2D eigenvalue weighted by Crippen LogP contribution is 2.28. The van der Waals surface area contributed by atoms with Crippen LogP contribution < -0.4 is 9.47 Å². The van der Waals surface area contributed by atoms with Gasteiger partial charge >= 0.3 is 0 Å². The minimum Gasteiger partial charge on any atom is -0.487 e. The Labute approximate surface area is 129 Å². The number of rotatable bonds is 13. The molecule has 0 aromatic heterocycles. The van der Waals surface area contributed by atoms with Crippen LogP contribution >= 0.6 is 0 Å². The van der Waals surface area contributed by atoms with E-state index in [0.717, 1.165) is 6.29 Å². The molecule has 22 heavy (non-hydrogen) atoms. The van der Waals surface area contributed by atoms with Gasteiger partial charge in [-0.15, -0.1) is 0 Å². The highest BCUT2D eigenvalue weighted by Gasteiger charge is 2.07. The fourth-order valence-corrected chi connectivity index (χ4v) is 1.58. The van der Waals surface area contributed by atoms with Crippen LogP contribution in [0.25, 0.3) is 0 Å². The van der Waals surface area contributed by atoms with Gasteiger partial charge in [-0.25, -0.2) is 0 Å². The Bertz CT molecular complexity index is 422. The molecule has 1 aromatic rings. The molecule has 0 heterocycles. The number of benzene rings is 1. The standard InChI is InChI=1S/C15H22O7/c16-3-5-19-7-9-21-14-2-1-13(12-18)11-15(14)22-10-8-20-6-4-17/h1-2,11-12,16-17H,3-10H2. The van der Waals surface area contributed by atoms with Crippen LogP contribution in [0.3, 0.4) is 0 Å². The fourth-order valence-electron chi connectivity index (χ4n) is 1.58. The molecule has 0 aliphatic carbocycles. The summed E-state index contributed by atoms with van der Waals surface area (Å²) in [5.41, 5.74) is 0.482. The van der Waals surface area contributed by atoms with Crippen molar-refractivity contribution in [1.82, 2.24) is 0 Å². The molecule has 0 unspecified atom stereocenters. The Morgan fingerprint density at radius 1 is 0.818 bits per heavy atom. The van der Waals surface area contributed by atoms with E-state index < -0.39 is 0 Å². The van der Waals surface area contributed by atoms with Crippen molar-refractivity contribution in [2.75, 3.05) is 52.9 Å². The summed E-state index contributed by atoms with van der Waals surface area (Å²) >= 11 is 0. The minimum atomic E-state index is -0.0389. The summed E-state index contributed by atoms with van der Waals surface area (Å²) in [5.74, 6) is 0.944. The summed E-state index contributed by atoms with van der Waals surface area (Å²) in [6.07, 6.45) is 0.725. The molecule has 0 fully saturated rings. The lowest BCUT2D eigenvalue weighted by Crippen LogP contribution is -2.12. The maximum Gasteiger partial charge on any atom is 0.162 e. The summed E-state index contributed by atoms with van der Waals surface area (Å²) in [6.45, 7) is 1.69. The lowest BCUT2D eigenvalue weighted by molar-refractivity contribution is 0.0644. The van der Waals surface area contributed by atoms with E-state index >= 15 is 0 Å². The van der Waals surface area contributed by atoms with Gasteiger partial charge in [-0.3, -0.25) is 4.79 Å². The molecular weight excluding hydrogens is 292 g/mol. The predicted molar refractivity (Wildman–Crippen MR) is 78.6 cm³/mol. The third-order valence-electron chi connectivity index (χ3n) is 2.55. The average Bonchev–Trinajstić information content (AvgIpc) is 2.55. The molecule has 0 aliphatic rings. The van der Waals surface area contributed by atoms with Crippen molar-refractivity contribution in [3.05, 3.63) is 23.8 Å². The number of aliphatic hydroxyl groups is 2. The summed E-state index contributed by atoms with van der Waals surface area (Å²) < 4.78 is 21.3. The quantitative estimate of drug-likeness (QED) is 0.399. The Hall–Kier alpha value is -1.67. The second kappa shape index (κ2) is 11.9. The van der Waals surface area contributed by atoms with E-state index in [1.165, 1.54) is 0 Å². The monoisotopic (exact) mass is 314 g/mol. The third kappa shape index (κ3) is 7.37. The first-order valence-corrected chi connectivity index (χ1v) is 7.04. The molecule has 7 nitrogen and oxygen atoms in total. The number of hydrogen-bond donors (Lipinski definition) is 2. The molecular formula is C15H22O7. The van der Waals surface area contributed by atoms with Gasteiger partial charge in [-0.05, 0) is 18.2 Å². The first-order valence-electron chi connectivity index (χ1n) is 7.04. The van der Waals surface area contributed by atoms with Crippen molar-refractivity contribution in [2.24, 2.45) is 0 Å². The normalized spacial score (nSPS) is 10.5. The van der Waals surface area contributed by atoms with Gasteiger partial charge in [0, 0.05) is 5.56 Å². The molecule has 0 spiro atoms. The second-order valence-corrected chi connectivity index (χ2v) is 4.19. The third-order valence-corrected chi connectivity index (χ3v) is 2.55. The van der Waals surface area contributed by atoms with E-state index in [4.69, 9.17) is 29.2 Å². The van der Waals surface area contributed by atoms with Gasteiger partial charge in [0.15, 0.2) is 11.5 Å². The van der Waals surface area contributed by atoms with Gasteiger partial charge < -0.3 is 29.2 Å². The molecule has 2 N–H and O–H groups in total. The summed E-state index contributed by atoms with van der Waals surface area (Å²) in [4.78, 5) is 10.8. The maximum absolute atomic E-state index is 10.8. The van der Waals surface area contributed by atoms with Crippen molar-refractivity contribution in [2.45, 2.75) is 0 Å². The highest BCUT2D eigenvalue weighted by atomic mass is 16.6. The first kappa shape index (κ1) is 18.4. The molecule has 1 rings (SSSR count). The van der Waals surface area contributed by atoms with E-state index in [2.05, 4.69) is 0 Å². The predicted octanol–water partition coefficient (Wildman–Crippen LogP) is 0.275. The smallest absolute Gasteiger partial charge is 0.162 e. The molecule has 0 saturated heterocycles. The van der Waals surface area contributed by atoms with Gasteiger partial charge in [0.25, 0.3) is 0 Å². The van der Waals surface area contributed by atoms with Crippen molar-refractivity contribution in [1.29, 1.82) is 0 Å². The van der Waals surface area contributed by atoms with Crippen LogP contribution in [-0.4, -0.2) is 69.4 Å². The van der Waals surface area contributed by atoms with Gasteiger partial charge in [-0.1, -0.05) is 0 Å². The second-order valence-electron chi connectivity index (χ2n) is 4.19. The lowest BCUT2D eigenvalue weighted by atomic mass is 10.2. The zero-order chi connectivity index (χ0) is 16.0. The maximum atomic E-state index is 10.8. The summed E-state index contributed by atoms with van der Waals surface area (Å²) in [5, 5.41) is 17.2. The van der Waals surface area contributed by atoms with Crippen molar-refractivity contribution in [3.8, 4) is 11.5 Å². The Balaban J connectivity index is 2.48. The van der Waals surface area contributed by atoms with Crippen LogP contribution in [0.2, 0.25) is 0 Å². The number of hydrogen-bond acceptors (Lipinski definition) is 7. The number of carbonyl (C=O) groups excluding carboxylic acids is 1. The Morgan fingerprint density at radius 3 is 1.95 bits per heavy atom. The van der Waals surface area contributed by atoms with Crippen LogP contribution in [-0.2, 0) is 9.47 Å². The zero-order valence-corrected chi connectivity index (χ0v) is 12.4. The van der Waals surface area contributed by atoms with Crippen LogP contribution in [0, 0.1) is 0 Å². The topological polar surface area (TPSA) is 94.5 Å². The SMILES string of the molecule is O=Cc1ccc(OCCOCCO)c(OCCOCCO)c1. The van der Waals surface area contributed by atoms with Gasteiger partial charge in [0.1, 0.15) is 19.5 Å². The number of aliphatic hydroxyl groups excluding tert-OH is 2. The van der Waals surface area contributed by atoms with Crippen molar-refractivity contribution < 1.29 is 34.0 Å². The molecule has 0 aliphatic heterocycles. The lowest BCUT2D eigenvalue weighted by Gasteiger charge is -2.13. The zero-order valence-electron chi connectivity index (χ0n) is 12.4. The van der Waals surface area contributed by atoms with Crippen LogP contribution in [0.4, 0.5) is 0 Å². The molecule has 0 amide bonds. The highest BCUT2D eigenvalue weighted by molar-refractivity contribution is 5.76. The summed E-state index contributed by atoms with van der Waals surface area (Å²) in [6, 6.07) is 4.87. The van der Waals surface area contributed by atoms with E-state index in [9.17, 15) is 4.79 Å².